The number of aromatic nitrogens is 3. The third-order valence-corrected chi connectivity index (χ3v) is 4.83. The third-order valence-electron chi connectivity index (χ3n) is 4.46. The summed E-state index contributed by atoms with van der Waals surface area (Å²) in [6, 6.07) is 3.17. The van der Waals surface area contributed by atoms with Gasteiger partial charge in [-0.25, -0.2) is 5.10 Å². The molecule has 154 valence electrons. The van der Waals surface area contributed by atoms with Crippen molar-refractivity contribution in [3.63, 3.8) is 0 Å². The molecule has 0 aromatic carbocycles. The Balaban J connectivity index is 1.77. The lowest BCUT2D eigenvalue weighted by Crippen LogP contribution is -2.37. The molecule has 1 saturated heterocycles. The fourth-order valence-corrected chi connectivity index (χ4v) is 3.26. The van der Waals surface area contributed by atoms with E-state index in [4.69, 9.17) is 17.3 Å². The van der Waals surface area contributed by atoms with Crippen LogP contribution in [0.1, 0.15) is 17.7 Å². The molecule has 1 aliphatic rings. The number of alkyl halides is 3. The summed E-state index contributed by atoms with van der Waals surface area (Å²) < 4.78 is 38.3. The Labute approximate surface area is 169 Å². The molecule has 2 aromatic heterocycles. The number of hydrogen-bond donors (Lipinski definition) is 2. The largest absolute Gasteiger partial charge is 0.404 e. The number of nitrogens with zero attached hydrogens (tertiary/aromatic N) is 4. The van der Waals surface area contributed by atoms with E-state index in [1.807, 2.05) is 4.90 Å². The summed E-state index contributed by atoms with van der Waals surface area (Å²) in [4.78, 5) is 21.8. The van der Waals surface area contributed by atoms with Crippen molar-refractivity contribution in [2.24, 2.45) is 10.7 Å². The van der Waals surface area contributed by atoms with Crippen LogP contribution >= 0.6 is 11.6 Å². The molecule has 11 heteroatoms. The number of nitrogens with two attached hydrogens (primary N) is 1. The summed E-state index contributed by atoms with van der Waals surface area (Å²) >= 11 is 6.06. The van der Waals surface area contributed by atoms with Crippen LogP contribution in [0.25, 0.3) is 0 Å². The van der Waals surface area contributed by atoms with E-state index in [2.05, 4.69) is 20.2 Å². The number of H-pyrrole nitrogens is 1. The third kappa shape index (κ3) is 5.14. The molecule has 1 aliphatic heterocycles. The maximum Gasteiger partial charge on any atom is 0.394 e. The zero-order valence-corrected chi connectivity index (χ0v) is 16.0. The molecule has 0 atom stereocenters. The topological polar surface area (TPSA) is 100 Å². The number of aromatic amines is 1. The molecule has 0 unspecified atom stereocenters. The Morgan fingerprint density at radius 3 is 2.93 bits per heavy atom. The molecule has 0 amide bonds. The Morgan fingerprint density at radius 2 is 2.21 bits per heavy atom. The van der Waals surface area contributed by atoms with Crippen LogP contribution in [-0.2, 0) is 13.0 Å². The molecule has 0 bridgehead atoms. The maximum absolute atomic E-state index is 12.8. The molecule has 0 aliphatic carbocycles. The standard InChI is InChI=1S/C18H18ClF3N6O/c19-16-15(9-26-27-17(16)29)28-5-3-13(12(7-23)10-28)25-8-11-2-1-4-24-14(11)6-18(20,21)22/h1-2,4,7,9H,3,5-6,8,10,23H2,(H,27,29). The van der Waals surface area contributed by atoms with Crippen molar-refractivity contribution in [2.45, 2.75) is 25.6 Å². The number of piperidine rings is 1. The van der Waals surface area contributed by atoms with Gasteiger partial charge < -0.3 is 10.6 Å². The summed E-state index contributed by atoms with van der Waals surface area (Å²) in [6.07, 6.45) is -0.763. The predicted octanol–water partition coefficient (Wildman–Crippen LogP) is 2.62. The van der Waals surface area contributed by atoms with Crippen LogP contribution in [-0.4, -0.2) is 40.2 Å². The molecule has 2 aromatic rings. The number of anilines is 1. The van der Waals surface area contributed by atoms with Crippen LogP contribution in [0.3, 0.4) is 0 Å². The first-order valence-corrected chi connectivity index (χ1v) is 9.08. The van der Waals surface area contributed by atoms with Crippen LogP contribution in [0.5, 0.6) is 0 Å². The second-order valence-electron chi connectivity index (χ2n) is 6.43. The van der Waals surface area contributed by atoms with Gasteiger partial charge in [0.25, 0.3) is 5.56 Å². The first kappa shape index (κ1) is 20.8. The summed E-state index contributed by atoms with van der Waals surface area (Å²) in [5.41, 5.74) is 7.50. The molecule has 0 saturated carbocycles. The summed E-state index contributed by atoms with van der Waals surface area (Å²) in [5.74, 6) is 0. The van der Waals surface area contributed by atoms with E-state index in [0.29, 0.717) is 42.0 Å². The molecule has 3 heterocycles. The molecule has 7 nitrogen and oxygen atoms in total. The lowest BCUT2D eigenvalue weighted by Gasteiger charge is -2.31. The monoisotopic (exact) mass is 426 g/mol. The summed E-state index contributed by atoms with van der Waals surface area (Å²) in [7, 11) is 0. The average molecular weight is 427 g/mol. The van der Waals surface area contributed by atoms with Gasteiger partial charge in [0.05, 0.1) is 30.5 Å². The minimum Gasteiger partial charge on any atom is -0.404 e. The number of nitrogens with one attached hydrogen (secondary N) is 1. The molecular formula is C18H18ClF3N6O. The van der Waals surface area contributed by atoms with E-state index < -0.39 is 18.2 Å². The Morgan fingerprint density at radius 1 is 1.41 bits per heavy atom. The molecule has 0 radical (unpaired) electrons. The average Bonchev–Trinajstić information content (AvgIpc) is 2.68. The number of pyridine rings is 1. The highest BCUT2D eigenvalue weighted by Crippen LogP contribution is 2.26. The van der Waals surface area contributed by atoms with Gasteiger partial charge in [0, 0.05) is 43.2 Å². The predicted molar refractivity (Wildman–Crippen MR) is 104 cm³/mol. The van der Waals surface area contributed by atoms with Crippen LogP contribution in [0.15, 0.2) is 46.1 Å². The van der Waals surface area contributed by atoms with E-state index in [1.165, 1.54) is 18.6 Å². The number of aliphatic imine (C=N–C) groups is 1. The maximum atomic E-state index is 12.8. The van der Waals surface area contributed by atoms with Gasteiger partial charge in [-0.2, -0.15) is 18.3 Å². The Hall–Kier alpha value is -2.88. The van der Waals surface area contributed by atoms with Crippen molar-refractivity contribution >= 4 is 23.0 Å². The first-order chi connectivity index (χ1) is 13.8. The van der Waals surface area contributed by atoms with Crippen LogP contribution in [0.2, 0.25) is 5.02 Å². The van der Waals surface area contributed by atoms with Gasteiger partial charge in [-0.15, -0.1) is 0 Å². The fraction of sp³-hybridized carbons (Fsp3) is 0.333. The zero-order valence-electron chi connectivity index (χ0n) is 15.2. The van der Waals surface area contributed by atoms with Crippen LogP contribution in [0, 0.1) is 0 Å². The normalized spacial score (nSPS) is 17.9. The van der Waals surface area contributed by atoms with E-state index >= 15 is 0 Å². The van der Waals surface area contributed by atoms with Crippen molar-refractivity contribution in [2.75, 3.05) is 18.0 Å². The number of hydrogen-bond acceptors (Lipinski definition) is 6. The molecule has 3 rings (SSSR count). The zero-order chi connectivity index (χ0) is 21.0. The van der Waals surface area contributed by atoms with Gasteiger partial charge in [0.2, 0.25) is 0 Å². The van der Waals surface area contributed by atoms with Crippen molar-refractivity contribution in [3.8, 4) is 0 Å². The quantitative estimate of drug-likeness (QED) is 0.782. The Bertz CT molecular complexity index is 1000. The van der Waals surface area contributed by atoms with Crippen LogP contribution < -0.4 is 16.2 Å². The van der Waals surface area contributed by atoms with Gasteiger partial charge in [0.15, 0.2) is 0 Å². The lowest BCUT2D eigenvalue weighted by atomic mass is 10.0. The van der Waals surface area contributed by atoms with Gasteiger partial charge >= 0.3 is 6.18 Å². The van der Waals surface area contributed by atoms with E-state index in [0.717, 1.165) is 0 Å². The smallest absolute Gasteiger partial charge is 0.394 e. The second-order valence-corrected chi connectivity index (χ2v) is 6.80. The number of rotatable bonds is 4. The molecule has 3 N–H and O–H groups in total. The summed E-state index contributed by atoms with van der Waals surface area (Å²) in [5, 5.41) is 6.05. The highest BCUT2D eigenvalue weighted by molar-refractivity contribution is 6.33. The minimum absolute atomic E-state index is 0.0314. The molecule has 1 fully saturated rings. The van der Waals surface area contributed by atoms with Gasteiger partial charge in [-0.3, -0.25) is 14.8 Å². The fourth-order valence-electron chi connectivity index (χ4n) is 3.05. The van der Waals surface area contributed by atoms with Gasteiger partial charge in [-0.05, 0) is 11.6 Å². The van der Waals surface area contributed by atoms with Crippen molar-refractivity contribution in [1.29, 1.82) is 0 Å². The van der Waals surface area contributed by atoms with Crippen LogP contribution in [0.4, 0.5) is 18.9 Å². The van der Waals surface area contributed by atoms with E-state index in [9.17, 15) is 18.0 Å². The second kappa shape index (κ2) is 8.64. The van der Waals surface area contributed by atoms with Gasteiger partial charge in [-0.1, -0.05) is 17.7 Å². The lowest BCUT2D eigenvalue weighted by molar-refractivity contribution is -0.127. The van der Waals surface area contributed by atoms with Crippen molar-refractivity contribution < 1.29 is 13.2 Å². The SMILES string of the molecule is NC=C1CN(c2cn[nH]c(=O)c2Cl)CCC1=NCc1cccnc1CC(F)(F)F. The number of halogens is 4. The highest BCUT2D eigenvalue weighted by Gasteiger charge is 2.29. The van der Waals surface area contributed by atoms with E-state index in [-0.39, 0.29) is 17.3 Å². The molecule has 0 spiro atoms. The Kier molecular flexibility index (Phi) is 6.21. The molecule has 29 heavy (non-hydrogen) atoms. The van der Waals surface area contributed by atoms with Gasteiger partial charge in [0.1, 0.15) is 5.02 Å². The highest BCUT2D eigenvalue weighted by atomic mass is 35.5. The summed E-state index contributed by atoms with van der Waals surface area (Å²) in [6.45, 7) is 0.922. The van der Waals surface area contributed by atoms with Crippen molar-refractivity contribution in [1.82, 2.24) is 15.2 Å². The minimum atomic E-state index is -4.34. The molecular weight excluding hydrogens is 409 g/mol. The first-order valence-electron chi connectivity index (χ1n) is 8.70. The van der Waals surface area contributed by atoms with E-state index in [1.54, 1.807) is 12.1 Å². The van der Waals surface area contributed by atoms with Crippen molar-refractivity contribution in [3.05, 3.63) is 62.9 Å².